The summed E-state index contributed by atoms with van der Waals surface area (Å²) in [5.74, 6) is 1.30. The molecule has 0 unspecified atom stereocenters. The lowest BCUT2D eigenvalue weighted by Crippen LogP contribution is -2.28. The quantitative estimate of drug-likeness (QED) is 0.838. The molecule has 0 aliphatic heterocycles. The molecule has 2 heterocycles. The summed E-state index contributed by atoms with van der Waals surface area (Å²) in [5, 5.41) is 8.28. The van der Waals surface area contributed by atoms with Gasteiger partial charge >= 0.3 is 0 Å². The fraction of sp³-hybridized carbons (Fsp3) is 0.357. The average molecular weight is 339 g/mol. The largest absolute Gasteiger partial charge is 0.360 e. The molecule has 2 aromatic rings. The molecule has 2 aromatic heterocycles. The van der Waals surface area contributed by atoms with Crippen LogP contribution in [0.5, 0.6) is 0 Å². The molecule has 2 rings (SSSR count). The molecule has 0 aliphatic rings. The van der Waals surface area contributed by atoms with Crippen molar-refractivity contribution in [1.29, 1.82) is 0 Å². The lowest BCUT2D eigenvalue weighted by atomic mass is 10.4. The number of nitrogens with zero attached hydrogens (tertiary/aromatic N) is 2. The van der Waals surface area contributed by atoms with Crippen molar-refractivity contribution in [1.82, 2.24) is 10.1 Å². The summed E-state index contributed by atoms with van der Waals surface area (Å²) in [5.41, 5.74) is 0. The van der Waals surface area contributed by atoms with E-state index in [1.54, 1.807) is 36.3 Å². The van der Waals surface area contributed by atoms with Crippen LogP contribution in [-0.2, 0) is 16.1 Å². The van der Waals surface area contributed by atoms with Gasteiger partial charge in [-0.25, -0.2) is 0 Å². The fourth-order valence-corrected chi connectivity index (χ4v) is 3.18. The van der Waals surface area contributed by atoms with E-state index in [1.165, 1.54) is 11.8 Å². The van der Waals surface area contributed by atoms with Gasteiger partial charge in [0.1, 0.15) is 5.76 Å². The third kappa shape index (κ3) is 5.19. The van der Waals surface area contributed by atoms with Crippen LogP contribution in [0.1, 0.15) is 10.6 Å². The van der Waals surface area contributed by atoms with Crippen molar-refractivity contribution < 1.29 is 14.1 Å². The van der Waals surface area contributed by atoms with Crippen LogP contribution in [-0.4, -0.2) is 40.4 Å². The van der Waals surface area contributed by atoms with E-state index in [2.05, 4.69) is 10.5 Å². The lowest BCUT2D eigenvalue weighted by Gasteiger charge is -2.15. The van der Waals surface area contributed by atoms with Crippen LogP contribution in [0.15, 0.2) is 28.1 Å². The zero-order valence-corrected chi connectivity index (χ0v) is 14.0. The molecular weight excluding hydrogens is 322 g/mol. The first-order valence-electron chi connectivity index (χ1n) is 6.62. The van der Waals surface area contributed by atoms with Crippen LogP contribution in [0.25, 0.3) is 0 Å². The molecule has 0 bridgehead atoms. The molecule has 0 fully saturated rings. The first-order valence-corrected chi connectivity index (χ1v) is 8.65. The van der Waals surface area contributed by atoms with Crippen molar-refractivity contribution in [2.24, 2.45) is 0 Å². The van der Waals surface area contributed by atoms with Crippen LogP contribution in [0.3, 0.4) is 0 Å². The minimum Gasteiger partial charge on any atom is -0.360 e. The van der Waals surface area contributed by atoms with Crippen LogP contribution in [0.4, 0.5) is 5.82 Å². The number of hydrogen-bond acceptors (Lipinski definition) is 6. The Morgan fingerprint density at radius 3 is 2.91 bits per heavy atom. The number of carbonyl (C=O) groups excluding carboxylic acids is 2. The van der Waals surface area contributed by atoms with Crippen molar-refractivity contribution in [2.75, 3.05) is 23.9 Å². The minimum absolute atomic E-state index is 0.00322. The van der Waals surface area contributed by atoms with Gasteiger partial charge in [0.2, 0.25) is 11.8 Å². The van der Waals surface area contributed by atoms with Gasteiger partial charge in [-0.1, -0.05) is 11.2 Å². The summed E-state index contributed by atoms with van der Waals surface area (Å²) in [4.78, 5) is 26.5. The van der Waals surface area contributed by atoms with E-state index in [1.807, 2.05) is 17.5 Å². The molecule has 0 spiro atoms. The molecule has 0 atom stereocenters. The van der Waals surface area contributed by atoms with E-state index in [9.17, 15) is 9.59 Å². The Bertz CT molecular complexity index is 625. The van der Waals surface area contributed by atoms with Crippen molar-refractivity contribution in [3.63, 3.8) is 0 Å². The first-order chi connectivity index (χ1) is 10.5. The second kappa shape index (κ2) is 8.00. The Morgan fingerprint density at radius 1 is 1.45 bits per heavy atom. The predicted molar refractivity (Wildman–Crippen MR) is 88.0 cm³/mol. The predicted octanol–water partition coefficient (Wildman–Crippen LogP) is 2.37. The number of carbonyl (C=O) groups is 2. The Balaban J connectivity index is 1.66. The number of thiophene rings is 1. The normalized spacial score (nSPS) is 10.5. The average Bonchev–Trinajstić information content (AvgIpc) is 3.10. The highest BCUT2D eigenvalue weighted by Gasteiger charge is 2.12. The molecule has 1 N–H and O–H groups in total. The molecule has 8 heteroatoms. The van der Waals surface area contributed by atoms with E-state index in [4.69, 9.17) is 4.52 Å². The number of nitrogens with one attached hydrogen (secondary N) is 1. The SMILES string of the molecule is Cc1cc(NC(=O)CSCC(=O)N(C)Cc2cccs2)no1. The van der Waals surface area contributed by atoms with Crippen LogP contribution >= 0.6 is 23.1 Å². The van der Waals surface area contributed by atoms with Crippen molar-refractivity contribution in [3.8, 4) is 0 Å². The van der Waals surface area contributed by atoms with E-state index >= 15 is 0 Å². The number of aryl methyl sites for hydroxylation is 1. The van der Waals surface area contributed by atoms with Crippen LogP contribution < -0.4 is 5.32 Å². The molecule has 0 aliphatic carbocycles. The summed E-state index contributed by atoms with van der Waals surface area (Å²) in [7, 11) is 1.76. The molecule has 6 nitrogen and oxygen atoms in total. The molecule has 0 radical (unpaired) electrons. The monoisotopic (exact) mass is 339 g/mol. The number of rotatable bonds is 7. The Kier molecular flexibility index (Phi) is 6.02. The third-order valence-corrected chi connectivity index (χ3v) is 4.53. The zero-order valence-electron chi connectivity index (χ0n) is 12.4. The molecule has 0 saturated carbocycles. The fourth-order valence-electron chi connectivity index (χ4n) is 1.67. The van der Waals surface area contributed by atoms with Gasteiger partial charge in [-0.05, 0) is 18.4 Å². The van der Waals surface area contributed by atoms with Gasteiger partial charge in [0, 0.05) is 18.0 Å². The van der Waals surface area contributed by atoms with Gasteiger partial charge in [0.15, 0.2) is 5.82 Å². The van der Waals surface area contributed by atoms with E-state index in [0.717, 1.165) is 4.88 Å². The van der Waals surface area contributed by atoms with E-state index in [-0.39, 0.29) is 23.3 Å². The highest BCUT2D eigenvalue weighted by Crippen LogP contribution is 2.12. The molecular formula is C14H17N3O3S2. The maximum Gasteiger partial charge on any atom is 0.235 e. The maximum atomic E-state index is 12.0. The van der Waals surface area contributed by atoms with Crippen LogP contribution in [0, 0.1) is 6.92 Å². The second-order valence-corrected chi connectivity index (χ2v) is 6.71. The molecule has 0 saturated heterocycles. The highest BCUT2D eigenvalue weighted by molar-refractivity contribution is 8.00. The third-order valence-electron chi connectivity index (χ3n) is 2.75. The van der Waals surface area contributed by atoms with Crippen molar-refractivity contribution in [2.45, 2.75) is 13.5 Å². The van der Waals surface area contributed by atoms with Gasteiger partial charge < -0.3 is 14.7 Å². The summed E-state index contributed by atoms with van der Waals surface area (Å²) in [6.45, 7) is 2.35. The smallest absolute Gasteiger partial charge is 0.235 e. The molecule has 2 amide bonds. The summed E-state index contributed by atoms with van der Waals surface area (Å²) in [6.07, 6.45) is 0. The molecule has 118 valence electrons. The number of thioether (sulfide) groups is 1. The maximum absolute atomic E-state index is 12.0. The van der Waals surface area contributed by atoms with Crippen molar-refractivity contribution >= 4 is 40.7 Å². The Hall–Kier alpha value is -1.80. The van der Waals surface area contributed by atoms with E-state index < -0.39 is 0 Å². The summed E-state index contributed by atoms with van der Waals surface area (Å²) >= 11 is 2.90. The number of hydrogen-bond donors (Lipinski definition) is 1. The summed E-state index contributed by atoms with van der Waals surface area (Å²) in [6, 6.07) is 5.60. The summed E-state index contributed by atoms with van der Waals surface area (Å²) < 4.78 is 4.86. The zero-order chi connectivity index (χ0) is 15.9. The van der Waals surface area contributed by atoms with Crippen molar-refractivity contribution in [3.05, 3.63) is 34.2 Å². The standard InChI is InChI=1S/C14H17N3O3S2/c1-10-6-12(16-20-10)15-13(18)8-21-9-14(19)17(2)7-11-4-3-5-22-11/h3-6H,7-9H2,1-2H3,(H,15,16,18). The van der Waals surface area contributed by atoms with E-state index in [0.29, 0.717) is 18.1 Å². The number of amides is 2. The lowest BCUT2D eigenvalue weighted by molar-refractivity contribution is -0.127. The first kappa shape index (κ1) is 16.6. The van der Waals surface area contributed by atoms with Gasteiger partial charge in [-0.2, -0.15) is 0 Å². The molecule has 0 aromatic carbocycles. The highest BCUT2D eigenvalue weighted by atomic mass is 32.2. The topological polar surface area (TPSA) is 75.4 Å². The number of aromatic nitrogens is 1. The minimum atomic E-state index is -0.202. The van der Waals surface area contributed by atoms with Gasteiger partial charge in [0.25, 0.3) is 0 Å². The van der Waals surface area contributed by atoms with Crippen LogP contribution in [0.2, 0.25) is 0 Å². The second-order valence-electron chi connectivity index (χ2n) is 4.69. The van der Waals surface area contributed by atoms with Gasteiger partial charge in [0.05, 0.1) is 18.1 Å². The van der Waals surface area contributed by atoms with Gasteiger partial charge in [-0.3, -0.25) is 9.59 Å². The Labute approximate surface area is 136 Å². The van der Waals surface area contributed by atoms with Gasteiger partial charge in [-0.15, -0.1) is 23.1 Å². The molecule has 22 heavy (non-hydrogen) atoms. The Morgan fingerprint density at radius 2 is 2.27 bits per heavy atom. The number of anilines is 1.